The Morgan fingerprint density at radius 2 is 2.11 bits per heavy atom. The van der Waals surface area contributed by atoms with Gasteiger partial charge in [-0.3, -0.25) is 0 Å². The molecule has 2 heterocycles. The van der Waals surface area contributed by atoms with Crippen molar-refractivity contribution in [1.82, 2.24) is 9.97 Å². The maximum absolute atomic E-state index is 4.56. The highest BCUT2D eigenvalue weighted by Crippen LogP contribution is 2.32. The summed E-state index contributed by atoms with van der Waals surface area (Å²) in [7, 11) is 1.86. The molecule has 1 N–H and O–H groups in total. The Hall–Kier alpha value is -0.970. The van der Waals surface area contributed by atoms with Gasteiger partial charge in [0.1, 0.15) is 5.82 Å². The van der Waals surface area contributed by atoms with E-state index in [0.29, 0.717) is 10.7 Å². The normalized spacial score (nSPS) is 19.4. The van der Waals surface area contributed by atoms with Crippen molar-refractivity contribution in [3.63, 3.8) is 0 Å². The van der Waals surface area contributed by atoms with Gasteiger partial charge < -0.3 is 10.2 Å². The monoisotopic (exact) mass is 266 g/mol. The third-order valence-electron chi connectivity index (χ3n) is 3.23. The minimum atomic E-state index is 0.378. The lowest BCUT2D eigenvalue weighted by Crippen LogP contribution is -2.28. The van der Waals surface area contributed by atoms with Crippen LogP contribution < -0.4 is 10.2 Å². The van der Waals surface area contributed by atoms with E-state index in [1.54, 1.807) is 0 Å². The fourth-order valence-corrected chi connectivity index (χ4v) is 3.18. The Labute approximate surface area is 114 Å². The summed E-state index contributed by atoms with van der Waals surface area (Å²) in [5.41, 5.74) is 1.01. The first-order valence-corrected chi connectivity index (χ1v) is 7.41. The molecule has 1 saturated heterocycles. The van der Waals surface area contributed by atoms with Crippen molar-refractivity contribution in [2.24, 2.45) is 0 Å². The van der Waals surface area contributed by atoms with E-state index in [0.717, 1.165) is 30.4 Å². The molecule has 1 aromatic rings. The molecule has 0 atom stereocenters. The van der Waals surface area contributed by atoms with Crippen molar-refractivity contribution >= 4 is 23.5 Å². The number of hydrogen-bond acceptors (Lipinski definition) is 5. The molecule has 0 saturated carbocycles. The maximum atomic E-state index is 4.56. The molecule has 1 aromatic heterocycles. The zero-order valence-electron chi connectivity index (χ0n) is 11.7. The molecule has 0 aromatic carbocycles. The largest absolute Gasteiger partial charge is 0.357 e. The topological polar surface area (TPSA) is 41.1 Å². The predicted molar refractivity (Wildman–Crippen MR) is 79.7 cm³/mol. The second kappa shape index (κ2) is 5.34. The van der Waals surface area contributed by atoms with Crippen molar-refractivity contribution in [2.75, 3.05) is 36.1 Å². The molecule has 2 rings (SSSR count). The van der Waals surface area contributed by atoms with Crippen LogP contribution in [0.4, 0.5) is 11.8 Å². The molecule has 4 nitrogen and oxygen atoms in total. The van der Waals surface area contributed by atoms with Gasteiger partial charge in [0.25, 0.3) is 0 Å². The quantitative estimate of drug-likeness (QED) is 0.891. The summed E-state index contributed by atoms with van der Waals surface area (Å²) in [6.45, 7) is 8.80. The molecule has 100 valence electrons. The van der Waals surface area contributed by atoms with E-state index in [1.807, 2.05) is 14.0 Å². The predicted octanol–water partition coefficient (Wildman–Crippen LogP) is 2.55. The van der Waals surface area contributed by atoms with Crippen LogP contribution >= 0.6 is 11.8 Å². The molecule has 1 aliphatic rings. The van der Waals surface area contributed by atoms with E-state index in [4.69, 9.17) is 0 Å². The first-order valence-electron chi connectivity index (χ1n) is 6.42. The van der Waals surface area contributed by atoms with Gasteiger partial charge in [0.05, 0.1) is 0 Å². The summed E-state index contributed by atoms with van der Waals surface area (Å²) in [5.74, 6) is 2.91. The van der Waals surface area contributed by atoms with E-state index < -0.39 is 0 Å². The van der Waals surface area contributed by atoms with Gasteiger partial charge in [-0.25, -0.2) is 4.98 Å². The van der Waals surface area contributed by atoms with Gasteiger partial charge in [0, 0.05) is 42.4 Å². The van der Waals surface area contributed by atoms with Crippen molar-refractivity contribution in [3.05, 3.63) is 11.8 Å². The highest BCUT2D eigenvalue weighted by atomic mass is 32.2. The zero-order chi connectivity index (χ0) is 13.2. The molecule has 0 unspecified atom stereocenters. The maximum Gasteiger partial charge on any atom is 0.224 e. The lowest BCUT2D eigenvalue weighted by Gasteiger charge is -2.23. The van der Waals surface area contributed by atoms with E-state index in [1.165, 1.54) is 6.42 Å². The first-order chi connectivity index (χ1) is 8.50. The van der Waals surface area contributed by atoms with Crippen molar-refractivity contribution < 1.29 is 0 Å². The van der Waals surface area contributed by atoms with Crippen molar-refractivity contribution in [3.8, 4) is 0 Å². The summed E-state index contributed by atoms with van der Waals surface area (Å²) in [5, 5.41) is 3.03. The first kappa shape index (κ1) is 13.5. The van der Waals surface area contributed by atoms with Crippen LogP contribution in [-0.2, 0) is 0 Å². The second-order valence-corrected chi connectivity index (χ2v) is 7.09. The van der Waals surface area contributed by atoms with Crippen molar-refractivity contribution in [2.45, 2.75) is 31.9 Å². The number of nitrogens with zero attached hydrogens (tertiary/aromatic N) is 3. The average Bonchev–Trinajstić information content (AvgIpc) is 2.49. The standard InChI is InChI=1S/C13H22N4S/c1-10-9-11(16-12(14-4)15-10)17-6-5-13(2,3)18-8-7-17/h9H,5-8H2,1-4H3,(H,14,15,16). The number of rotatable bonds is 2. The highest BCUT2D eigenvalue weighted by Gasteiger charge is 2.24. The van der Waals surface area contributed by atoms with Gasteiger partial charge in [-0.05, 0) is 13.3 Å². The summed E-state index contributed by atoms with van der Waals surface area (Å²) >= 11 is 2.05. The van der Waals surface area contributed by atoms with Crippen LogP contribution in [0, 0.1) is 6.92 Å². The van der Waals surface area contributed by atoms with Crippen LogP contribution in [0.3, 0.4) is 0 Å². The second-order valence-electron chi connectivity index (χ2n) is 5.29. The number of nitrogens with one attached hydrogen (secondary N) is 1. The van der Waals surface area contributed by atoms with Crippen LogP contribution in [0.25, 0.3) is 0 Å². The fraction of sp³-hybridized carbons (Fsp3) is 0.692. The highest BCUT2D eigenvalue weighted by molar-refractivity contribution is 8.00. The fourth-order valence-electron chi connectivity index (χ4n) is 2.08. The molecule has 0 aliphatic carbocycles. The molecule has 0 amide bonds. The van der Waals surface area contributed by atoms with Gasteiger partial charge in [0.2, 0.25) is 5.95 Å². The lowest BCUT2D eigenvalue weighted by molar-refractivity contribution is 0.635. The van der Waals surface area contributed by atoms with Gasteiger partial charge in [0.15, 0.2) is 0 Å². The third kappa shape index (κ3) is 3.28. The summed E-state index contributed by atoms with van der Waals surface area (Å²) in [6, 6.07) is 2.07. The minimum Gasteiger partial charge on any atom is -0.357 e. The zero-order valence-corrected chi connectivity index (χ0v) is 12.5. The summed E-state index contributed by atoms with van der Waals surface area (Å²) < 4.78 is 0.378. The molecular formula is C13H22N4S. The van der Waals surface area contributed by atoms with Crippen LogP contribution in [-0.4, -0.2) is 40.6 Å². The Bertz CT molecular complexity index is 419. The molecule has 0 spiro atoms. The summed E-state index contributed by atoms with van der Waals surface area (Å²) in [4.78, 5) is 11.3. The molecule has 1 fully saturated rings. The van der Waals surface area contributed by atoms with Gasteiger partial charge >= 0.3 is 0 Å². The Morgan fingerprint density at radius 1 is 1.33 bits per heavy atom. The van der Waals surface area contributed by atoms with Crippen molar-refractivity contribution in [1.29, 1.82) is 0 Å². The molecule has 1 aliphatic heterocycles. The molecule has 0 bridgehead atoms. The van der Waals surface area contributed by atoms with Gasteiger partial charge in [-0.2, -0.15) is 16.7 Å². The van der Waals surface area contributed by atoms with Crippen LogP contribution in [0.1, 0.15) is 26.0 Å². The minimum absolute atomic E-state index is 0.378. The summed E-state index contributed by atoms with van der Waals surface area (Å²) in [6.07, 6.45) is 1.19. The molecule has 5 heteroatoms. The number of aromatic nitrogens is 2. The number of thioether (sulfide) groups is 1. The van der Waals surface area contributed by atoms with Crippen LogP contribution in [0.2, 0.25) is 0 Å². The Morgan fingerprint density at radius 3 is 2.83 bits per heavy atom. The van der Waals surface area contributed by atoms with E-state index in [9.17, 15) is 0 Å². The van der Waals surface area contributed by atoms with E-state index in [-0.39, 0.29) is 0 Å². The third-order valence-corrected chi connectivity index (χ3v) is 4.60. The average molecular weight is 266 g/mol. The number of hydrogen-bond donors (Lipinski definition) is 1. The molecular weight excluding hydrogens is 244 g/mol. The van der Waals surface area contributed by atoms with Gasteiger partial charge in [-0.1, -0.05) is 13.8 Å². The van der Waals surface area contributed by atoms with Crippen LogP contribution in [0.5, 0.6) is 0 Å². The lowest BCUT2D eigenvalue weighted by atomic mass is 10.1. The van der Waals surface area contributed by atoms with Crippen LogP contribution in [0.15, 0.2) is 6.07 Å². The number of aryl methyl sites for hydroxylation is 1. The van der Waals surface area contributed by atoms with Gasteiger partial charge in [-0.15, -0.1) is 0 Å². The van der Waals surface area contributed by atoms with E-state index >= 15 is 0 Å². The molecule has 18 heavy (non-hydrogen) atoms. The Balaban J connectivity index is 2.18. The smallest absolute Gasteiger partial charge is 0.224 e. The number of anilines is 2. The molecule has 0 radical (unpaired) electrons. The van der Waals surface area contributed by atoms with E-state index in [2.05, 4.69) is 51.9 Å². The SMILES string of the molecule is CNc1nc(C)cc(N2CCSC(C)(C)CC2)n1. The Kier molecular flexibility index (Phi) is 4.00.